The first kappa shape index (κ1) is 16.6. The third kappa shape index (κ3) is 5.15. The fraction of sp³-hybridized carbons (Fsp3) is 0.0909. The minimum absolute atomic E-state index is 0.852. The van der Waals surface area contributed by atoms with Crippen molar-refractivity contribution in [2.45, 2.75) is 12.8 Å². The Labute approximate surface area is 138 Å². The standard InChI is InChI=1S/C22H22O/c1-3-9-19-11-5-7-13-21(19)15-17-23-18-16-22-14-8-6-12-20(22)10-4-2/h3-8,11-18H,1-2,9-10H2. The fourth-order valence-electron chi connectivity index (χ4n) is 2.35. The highest BCUT2D eigenvalue weighted by molar-refractivity contribution is 5.55. The Morgan fingerprint density at radius 3 is 1.57 bits per heavy atom. The van der Waals surface area contributed by atoms with Crippen LogP contribution in [0.5, 0.6) is 0 Å². The summed E-state index contributed by atoms with van der Waals surface area (Å²) in [7, 11) is 0. The summed E-state index contributed by atoms with van der Waals surface area (Å²) in [6, 6.07) is 16.5. The molecule has 0 unspecified atom stereocenters. The normalized spacial score (nSPS) is 11.0. The van der Waals surface area contributed by atoms with Crippen LogP contribution in [0.15, 0.2) is 86.4 Å². The van der Waals surface area contributed by atoms with Crippen LogP contribution in [0.3, 0.4) is 0 Å². The lowest BCUT2D eigenvalue weighted by atomic mass is 10.0. The lowest BCUT2D eigenvalue weighted by Gasteiger charge is -2.03. The average Bonchev–Trinajstić information content (AvgIpc) is 2.58. The third-order valence-electron chi connectivity index (χ3n) is 3.49. The number of hydrogen-bond acceptors (Lipinski definition) is 1. The van der Waals surface area contributed by atoms with Gasteiger partial charge >= 0.3 is 0 Å². The number of benzene rings is 2. The second-order valence-electron chi connectivity index (χ2n) is 5.12. The molecule has 0 atom stereocenters. The lowest BCUT2D eigenvalue weighted by Crippen LogP contribution is -1.86. The fourth-order valence-corrected chi connectivity index (χ4v) is 2.35. The van der Waals surface area contributed by atoms with E-state index in [2.05, 4.69) is 37.4 Å². The van der Waals surface area contributed by atoms with Crippen LogP contribution in [0, 0.1) is 0 Å². The van der Waals surface area contributed by atoms with Crippen LogP contribution in [-0.2, 0) is 17.6 Å². The van der Waals surface area contributed by atoms with E-state index < -0.39 is 0 Å². The minimum atomic E-state index is 0.852. The molecule has 0 radical (unpaired) electrons. The molecule has 2 aromatic rings. The van der Waals surface area contributed by atoms with Crippen molar-refractivity contribution in [3.8, 4) is 0 Å². The van der Waals surface area contributed by atoms with Gasteiger partial charge in [-0.2, -0.15) is 0 Å². The molecule has 0 saturated carbocycles. The molecular weight excluding hydrogens is 280 g/mol. The van der Waals surface area contributed by atoms with Crippen LogP contribution in [-0.4, -0.2) is 0 Å². The van der Waals surface area contributed by atoms with E-state index in [9.17, 15) is 0 Å². The van der Waals surface area contributed by atoms with E-state index in [0.29, 0.717) is 0 Å². The Bertz CT molecular complexity index is 646. The molecule has 116 valence electrons. The van der Waals surface area contributed by atoms with E-state index in [1.165, 1.54) is 11.1 Å². The van der Waals surface area contributed by atoms with Crippen molar-refractivity contribution in [3.05, 3.63) is 109 Å². The maximum Gasteiger partial charge on any atom is 0.0907 e. The van der Waals surface area contributed by atoms with Gasteiger partial charge < -0.3 is 4.74 Å². The van der Waals surface area contributed by atoms with Gasteiger partial charge in [-0.25, -0.2) is 0 Å². The van der Waals surface area contributed by atoms with Crippen molar-refractivity contribution in [1.29, 1.82) is 0 Å². The van der Waals surface area contributed by atoms with Crippen molar-refractivity contribution in [2.24, 2.45) is 0 Å². The molecule has 2 rings (SSSR count). The highest BCUT2D eigenvalue weighted by Crippen LogP contribution is 2.13. The predicted octanol–water partition coefficient (Wildman–Crippen LogP) is 5.80. The Morgan fingerprint density at radius 1 is 0.696 bits per heavy atom. The van der Waals surface area contributed by atoms with Crippen molar-refractivity contribution in [1.82, 2.24) is 0 Å². The average molecular weight is 302 g/mol. The van der Waals surface area contributed by atoms with Gasteiger partial charge in [0.1, 0.15) is 0 Å². The first-order valence-electron chi connectivity index (χ1n) is 7.71. The molecule has 0 aliphatic carbocycles. The molecular formula is C22H22O. The van der Waals surface area contributed by atoms with E-state index in [1.54, 1.807) is 12.5 Å². The summed E-state index contributed by atoms with van der Waals surface area (Å²) >= 11 is 0. The molecule has 0 amide bonds. The second kappa shape index (κ2) is 9.26. The quantitative estimate of drug-likeness (QED) is 0.442. The topological polar surface area (TPSA) is 9.23 Å². The number of rotatable bonds is 8. The van der Waals surface area contributed by atoms with Crippen LogP contribution >= 0.6 is 0 Å². The highest BCUT2D eigenvalue weighted by Gasteiger charge is 1.96. The second-order valence-corrected chi connectivity index (χ2v) is 5.12. The van der Waals surface area contributed by atoms with E-state index >= 15 is 0 Å². The Morgan fingerprint density at radius 2 is 1.13 bits per heavy atom. The maximum atomic E-state index is 5.50. The zero-order valence-electron chi connectivity index (χ0n) is 13.3. The van der Waals surface area contributed by atoms with E-state index in [1.807, 2.05) is 48.6 Å². The molecule has 1 heteroatoms. The SMILES string of the molecule is C=CCc1ccccc1C=COC=Cc1ccccc1CC=C. The molecule has 0 aliphatic rings. The molecule has 0 heterocycles. The largest absolute Gasteiger partial charge is 0.473 e. The minimum Gasteiger partial charge on any atom is -0.473 e. The summed E-state index contributed by atoms with van der Waals surface area (Å²) in [5.41, 5.74) is 4.77. The van der Waals surface area contributed by atoms with Crippen LogP contribution < -0.4 is 0 Å². The first-order chi connectivity index (χ1) is 11.3. The molecule has 0 spiro atoms. The smallest absolute Gasteiger partial charge is 0.0907 e. The molecule has 23 heavy (non-hydrogen) atoms. The van der Waals surface area contributed by atoms with Gasteiger partial charge in [0.05, 0.1) is 12.5 Å². The molecule has 0 aliphatic heterocycles. The highest BCUT2D eigenvalue weighted by atomic mass is 16.5. The summed E-state index contributed by atoms with van der Waals surface area (Å²) in [6.45, 7) is 7.58. The van der Waals surface area contributed by atoms with E-state index in [-0.39, 0.29) is 0 Å². The number of hydrogen-bond donors (Lipinski definition) is 0. The molecule has 0 fully saturated rings. The summed E-state index contributed by atoms with van der Waals surface area (Å²) < 4.78 is 5.50. The van der Waals surface area contributed by atoms with Gasteiger partial charge in [0.15, 0.2) is 0 Å². The van der Waals surface area contributed by atoms with Crippen molar-refractivity contribution < 1.29 is 4.74 Å². The van der Waals surface area contributed by atoms with Crippen LogP contribution in [0.25, 0.3) is 12.2 Å². The summed E-state index contributed by atoms with van der Waals surface area (Å²) in [4.78, 5) is 0. The van der Waals surface area contributed by atoms with Crippen LogP contribution in [0.2, 0.25) is 0 Å². The van der Waals surface area contributed by atoms with Crippen molar-refractivity contribution >= 4 is 12.2 Å². The van der Waals surface area contributed by atoms with Gasteiger partial charge in [-0.05, 0) is 47.2 Å². The maximum absolute atomic E-state index is 5.50. The zero-order valence-corrected chi connectivity index (χ0v) is 13.3. The van der Waals surface area contributed by atoms with E-state index in [4.69, 9.17) is 4.74 Å². The molecule has 0 N–H and O–H groups in total. The van der Waals surface area contributed by atoms with Gasteiger partial charge in [-0.15, -0.1) is 13.2 Å². The molecule has 1 nitrogen and oxygen atoms in total. The zero-order chi connectivity index (χ0) is 16.3. The summed E-state index contributed by atoms with van der Waals surface area (Å²) in [5.74, 6) is 0. The Kier molecular flexibility index (Phi) is 6.67. The van der Waals surface area contributed by atoms with Gasteiger partial charge in [0.25, 0.3) is 0 Å². The van der Waals surface area contributed by atoms with Gasteiger partial charge in [-0.3, -0.25) is 0 Å². The molecule has 2 aromatic carbocycles. The van der Waals surface area contributed by atoms with Gasteiger partial charge in [0, 0.05) is 0 Å². The van der Waals surface area contributed by atoms with E-state index in [0.717, 1.165) is 24.0 Å². The number of ether oxygens (including phenoxy) is 1. The van der Waals surface area contributed by atoms with Crippen molar-refractivity contribution in [3.63, 3.8) is 0 Å². The molecule has 0 saturated heterocycles. The number of allylic oxidation sites excluding steroid dienone is 2. The molecule has 0 aromatic heterocycles. The summed E-state index contributed by atoms with van der Waals surface area (Å²) in [6.07, 6.45) is 12.9. The Hall–Kier alpha value is -2.80. The first-order valence-corrected chi connectivity index (χ1v) is 7.71. The van der Waals surface area contributed by atoms with Gasteiger partial charge in [-0.1, -0.05) is 60.7 Å². The third-order valence-corrected chi connectivity index (χ3v) is 3.49. The Balaban J connectivity index is 1.99. The summed E-state index contributed by atoms with van der Waals surface area (Å²) in [5, 5.41) is 0. The van der Waals surface area contributed by atoms with Crippen molar-refractivity contribution in [2.75, 3.05) is 0 Å². The molecule has 0 bridgehead atoms. The lowest BCUT2D eigenvalue weighted by molar-refractivity contribution is 0.410. The van der Waals surface area contributed by atoms with Gasteiger partial charge in [0.2, 0.25) is 0 Å². The van der Waals surface area contributed by atoms with Crippen LogP contribution in [0.4, 0.5) is 0 Å². The predicted molar refractivity (Wildman–Crippen MR) is 99.8 cm³/mol. The van der Waals surface area contributed by atoms with Crippen LogP contribution in [0.1, 0.15) is 22.3 Å². The monoisotopic (exact) mass is 302 g/mol.